The van der Waals surface area contributed by atoms with Crippen molar-refractivity contribution in [3.63, 3.8) is 0 Å². The molecule has 0 saturated carbocycles. The third-order valence-corrected chi connectivity index (χ3v) is 2.71. The van der Waals surface area contributed by atoms with E-state index in [0.717, 1.165) is 17.9 Å². The van der Waals surface area contributed by atoms with Crippen molar-refractivity contribution in [2.24, 2.45) is 10.7 Å². The van der Waals surface area contributed by atoms with Crippen molar-refractivity contribution in [1.29, 1.82) is 0 Å². The molecule has 0 atom stereocenters. The quantitative estimate of drug-likeness (QED) is 0.654. The van der Waals surface area contributed by atoms with Crippen molar-refractivity contribution in [3.05, 3.63) is 53.5 Å². The van der Waals surface area contributed by atoms with E-state index in [1.807, 2.05) is 24.3 Å². The molecule has 0 amide bonds. The van der Waals surface area contributed by atoms with Gasteiger partial charge in [0.2, 0.25) is 0 Å². The molecule has 4 nitrogen and oxygen atoms in total. The highest BCUT2D eigenvalue weighted by Gasteiger charge is 1.98. The highest BCUT2D eigenvalue weighted by atomic mass is 16.3. The summed E-state index contributed by atoms with van der Waals surface area (Å²) in [4.78, 5) is 4.28. The zero-order valence-electron chi connectivity index (χ0n) is 11.3. The summed E-state index contributed by atoms with van der Waals surface area (Å²) < 4.78 is 5.23. The normalized spacial score (nSPS) is 11.6. The van der Waals surface area contributed by atoms with Gasteiger partial charge in [-0.1, -0.05) is 6.07 Å². The molecule has 0 unspecified atom stereocenters. The number of guanidine groups is 1. The number of furan rings is 1. The molecule has 2 aromatic rings. The molecule has 0 aliphatic rings. The van der Waals surface area contributed by atoms with Crippen molar-refractivity contribution in [1.82, 2.24) is 0 Å². The van der Waals surface area contributed by atoms with Crippen LogP contribution in [0.15, 0.2) is 46.0 Å². The van der Waals surface area contributed by atoms with E-state index >= 15 is 0 Å². The van der Waals surface area contributed by atoms with E-state index < -0.39 is 0 Å². The van der Waals surface area contributed by atoms with Gasteiger partial charge in [-0.05, 0) is 49.2 Å². The van der Waals surface area contributed by atoms with Gasteiger partial charge in [0.1, 0.15) is 5.76 Å². The highest BCUT2D eigenvalue weighted by molar-refractivity contribution is 5.92. The molecule has 1 heterocycles. The molecule has 0 saturated heterocycles. The number of aryl methyl sites for hydroxylation is 2. The van der Waals surface area contributed by atoms with E-state index in [1.165, 1.54) is 11.1 Å². The average molecular weight is 257 g/mol. The molecule has 1 aromatic heterocycles. The van der Waals surface area contributed by atoms with Crippen molar-refractivity contribution in [3.8, 4) is 0 Å². The molecule has 0 spiro atoms. The van der Waals surface area contributed by atoms with Crippen LogP contribution in [0.5, 0.6) is 0 Å². The summed E-state index contributed by atoms with van der Waals surface area (Å²) in [7, 11) is 0. The Morgan fingerprint density at radius 2 is 2.00 bits per heavy atom. The number of hydrogen-bond donors (Lipinski definition) is 2. The number of nitrogens with two attached hydrogens (primary N) is 1. The minimum absolute atomic E-state index is 0.427. The summed E-state index contributed by atoms with van der Waals surface area (Å²) in [5.74, 6) is 1.35. The maximum Gasteiger partial charge on any atom is 0.193 e. The molecular formula is C15H19N3O. The smallest absolute Gasteiger partial charge is 0.193 e. The molecule has 0 radical (unpaired) electrons. The molecule has 4 heteroatoms. The van der Waals surface area contributed by atoms with Gasteiger partial charge < -0.3 is 15.5 Å². The first kappa shape index (κ1) is 13.2. The minimum Gasteiger partial charge on any atom is -0.469 e. The first-order chi connectivity index (χ1) is 9.13. The number of aliphatic imine (C=N–C) groups is 1. The van der Waals surface area contributed by atoms with E-state index in [-0.39, 0.29) is 0 Å². The maximum atomic E-state index is 5.85. The number of rotatable bonds is 4. The Balaban J connectivity index is 1.90. The van der Waals surface area contributed by atoms with Crippen LogP contribution in [0.3, 0.4) is 0 Å². The van der Waals surface area contributed by atoms with E-state index in [4.69, 9.17) is 10.2 Å². The molecule has 0 fully saturated rings. The molecule has 3 N–H and O–H groups in total. The third-order valence-electron chi connectivity index (χ3n) is 2.71. The van der Waals surface area contributed by atoms with Gasteiger partial charge in [-0.3, -0.25) is 4.99 Å². The monoisotopic (exact) mass is 257 g/mol. The number of benzene rings is 1. The van der Waals surface area contributed by atoms with Gasteiger partial charge in [0.25, 0.3) is 0 Å². The van der Waals surface area contributed by atoms with Crippen LogP contribution in [0.1, 0.15) is 16.9 Å². The summed E-state index contributed by atoms with van der Waals surface area (Å²) in [6.45, 7) is 4.72. The minimum atomic E-state index is 0.427. The summed E-state index contributed by atoms with van der Waals surface area (Å²) in [6, 6.07) is 10.0. The fourth-order valence-electron chi connectivity index (χ4n) is 1.98. The van der Waals surface area contributed by atoms with Gasteiger partial charge in [-0.2, -0.15) is 0 Å². The Bertz CT molecular complexity index is 539. The summed E-state index contributed by atoms with van der Waals surface area (Å²) in [5, 5.41) is 3.10. The Labute approximate surface area is 113 Å². The lowest BCUT2D eigenvalue weighted by Gasteiger charge is -2.07. The number of nitrogens with zero attached hydrogens (tertiary/aromatic N) is 1. The fraction of sp³-hybridized carbons (Fsp3) is 0.267. The second-order valence-corrected chi connectivity index (χ2v) is 4.60. The summed E-state index contributed by atoms with van der Waals surface area (Å²) in [5.41, 5.74) is 9.22. The van der Waals surface area contributed by atoms with Crippen LogP contribution in [-0.2, 0) is 6.42 Å². The van der Waals surface area contributed by atoms with Crippen LogP contribution >= 0.6 is 0 Å². The first-order valence-electron chi connectivity index (χ1n) is 6.31. The lowest BCUT2D eigenvalue weighted by Crippen LogP contribution is -2.23. The van der Waals surface area contributed by atoms with E-state index in [9.17, 15) is 0 Å². The standard InChI is InChI=1S/C15H19N3O/c1-11-8-12(2)10-13(9-11)18-15(16)17-6-5-14-4-3-7-19-14/h3-4,7-10H,5-6H2,1-2H3,(H3,16,17,18). The Morgan fingerprint density at radius 3 is 2.63 bits per heavy atom. The summed E-state index contributed by atoms with van der Waals surface area (Å²) >= 11 is 0. The predicted octanol–water partition coefficient (Wildman–Crippen LogP) is 2.87. The lowest BCUT2D eigenvalue weighted by atomic mass is 10.1. The first-order valence-corrected chi connectivity index (χ1v) is 6.31. The predicted molar refractivity (Wildman–Crippen MR) is 78.4 cm³/mol. The van der Waals surface area contributed by atoms with Crippen LogP contribution in [-0.4, -0.2) is 12.5 Å². The van der Waals surface area contributed by atoms with Crippen LogP contribution in [0.2, 0.25) is 0 Å². The number of hydrogen-bond acceptors (Lipinski definition) is 2. The Morgan fingerprint density at radius 1 is 1.26 bits per heavy atom. The molecular weight excluding hydrogens is 238 g/mol. The molecule has 2 rings (SSSR count). The molecule has 19 heavy (non-hydrogen) atoms. The van der Waals surface area contributed by atoms with Gasteiger partial charge in [-0.25, -0.2) is 0 Å². The molecule has 0 bridgehead atoms. The van der Waals surface area contributed by atoms with Gasteiger partial charge in [0.15, 0.2) is 5.96 Å². The van der Waals surface area contributed by atoms with E-state index in [2.05, 4.69) is 30.2 Å². The van der Waals surface area contributed by atoms with Crippen molar-refractivity contribution < 1.29 is 4.42 Å². The largest absolute Gasteiger partial charge is 0.469 e. The van der Waals surface area contributed by atoms with Gasteiger partial charge >= 0.3 is 0 Å². The molecule has 1 aromatic carbocycles. The SMILES string of the molecule is Cc1cc(C)cc(NC(N)=NCCc2ccco2)c1. The average Bonchev–Trinajstić information content (AvgIpc) is 2.80. The van der Waals surface area contributed by atoms with Crippen LogP contribution in [0.25, 0.3) is 0 Å². The Kier molecular flexibility index (Phi) is 4.23. The van der Waals surface area contributed by atoms with Gasteiger partial charge in [-0.15, -0.1) is 0 Å². The molecule has 0 aliphatic carbocycles. The van der Waals surface area contributed by atoms with Crippen molar-refractivity contribution in [2.75, 3.05) is 11.9 Å². The summed E-state index contributed by atoms with van der Waals surface area (Å²) in [6.07, 6.45) is 2.42. The Hall–Kier alpha value is -2.23. The van der Waals surface area contributed by atoms with E-state index in [1.54, 1.807) is 6.26 Å². The maximum absolute atomic E-state index is 5.85. The zero-order chi connectivity index (χ0) is 13.7. The van der Waals surface area contributed by atoms with Crippen LogP contribution in [0, 0.1) is 13.8 Å². The topological polar surface area (TPSA) is 63.5 Å². The second-order valence-electron chi connectivity index (χ2n) is 4.60. The molecule has 0 aliphatic heterocycles. The van der Waals surface area contributed by atoms with Gasteiger partial charge in [0, 0.05) is 18.7 Å². The number of anilines is 1. The third kappa shape index (κ3) is 4.17. The van der Waals surface area contributed by atoms with Crippen LogP contribution in [0.4, 0.5) is 5.69 Å². The van der Waals surface area contributed by atoms with E-state index in [0.29, 0.717) is 12.5 Å². The second kappa shape index (κ2) is 6.09. The lowest BCUT2D eigenvalue weighted by molar-refractivity contribution is 0.511. The van der Waals surface area contributed by atoms with Crippen molar-refractivity contribution >= 4 is 11.6 Å². The number of nitrogens with one attached hydrogen (secondary N) is 1. The van der Waals surface area contributed by atoms with Crippen LogP contribution < -0.4 is 11.1 Å². The zero-order valence-corrected chi connectivity index (χ0v) is 11.3. The fourth-order valence-corrected chi connectivity index (χ4v) is 1.98. The van der Waals surface area contributed by atoms with Crippen molar-refractivity contribution in [2.45, 2.75) is 20.3 Å². The van der Waals surface area contributed by atoms with Gasteiger partial charge in [0.05, 0.1) is 6.26 Å². The highest BCUT2D eigenvalue weighted by Crippen LogP contribution is 2.13. The molecule has 100 valence electrons.